The molecular formula is C11H16O4. The van der Waals surface area contributed by atoms with Crippen LogP contribution in [0, 0.1) is 17.8 Å². The van der Waals surface area contributed by atoms with Crippen LogP contribution in [0.4, 0.5) is 0 Å². The third kappa shape index (κ3) is 1.53. The van der Waals surface area contributed by atoms with Gasteiger partial charge < -0.3 is 14.9 Å². The number of hydrogen-bond acceptors (Lipinski definition) is 3. The molecule has 1 aliphatic heterocycles. The molecule has 0 spiro atoms. The summed E-state index contributed by atoms with van der Waals surface area (Å²) < 4.78 is 5.33. The zero-order valence-electron chi connectivity index (χ0n) is 8.88. The molecule has 4 heteroatoms. The third-order valence-corrected chi connectivity index (χ3v) is 3.77. The summed E-state index contributed by atoms with van der Waals surface area (Å²) in [4.78, 5) is 11.0. The summed E-state index contributed by atoms with van der Waals surface area (Å²) in [6.45, 7) is 3.89. The van der Waals surface area contributed by atoms with E-state index in [0.717, 1.165) is 0 Å². The number of aliphatic carboxylic acids is 1. The normalized spacial score (nSPS) is 44.2. The van der Waals surface area contributed by atoms with Crippen LogP contribution in [0.1, 0.15) is 20.3 Å². The number of carbonyl (C=O) groups is 1. The second kappa shape index (κ2) is 3.52. The van der Waals surface area contributed by atoms with E-state index in [2.05, 4.69) is 0 Å². The number of fused-ring (bicyclic) bond motifs is 1. The van der Waals surface area contributed by atoms with Crippen molar-refractivity contribution >= 4 is 5.97 Å². The molecule has 1 fully saturated rings. The average Bonchev–Trinajstić information content (AvgIpc) is 2.44. The maximum absolute atomic E-state index is 11.0. The van der Waals surface area contributed by atoms with Crippen molar-refractivity contribution in [2.75, 3.05) is 0 Å². The Bertz CT molecular complexity index is 310. The summed E-state index contributed by atoms with van der Waals surface area (Å²) in [5.74, 6) is -0.765. The summed E-state index contributed by atoms with van der Waals surface area (Å²) in [5, 5.41) is 18.8. The smallest absolute Gasteiger partial charge is 0.334 e. The lowest BCUT2D eigenvalue weighted by molar-refractivity contribution is -0.134. The van der Waals surface area contributed by atoms with Gasteiger partial charge in [-0.2, -0.15) is 0 Å². The first kappa shape index (κ1) is 10.5. The second-order valence-electron chi connectivity index (χ2n) is 4.57. The molecule has 2 aliphatic rings. The first-order valence-corrected chi connectivity index (χ1v) is 5.29. The fourth-order valence-electron chi connectivity index (χ4n) is 2.91. The summed E-state index contributed by atoms with van der Waals surface area (Å²) in [7, 11) is 0. The van der Waals surface area contributed by atoms with Crippen molar-refractivity contribution in [2.45, 2.75) is 32.5 Å². The molecule has 0 aromatic carbocycles. The summed E-state index contributed by atoms with van der Waals surface area (Å²) >= 11 is 0. The van der Waals surface area contributed by atoms with E-state index in [0.29, 0.717) is 12.0 Å². The Balaban J connectivity index is 2.31. The van der Waals surface area contributed by atoms with Crippen molar-refractivity contribution < 1.29 is 19.7 Å². The maximum Gasteiger partial charge on any atom is 0.334 e. The largest absolute Gasteiger partial charge is 0.497 e. The minimum atomic E-state index is -0.932. The molecule has 0 aromatic rings. The van der Waals surface area contributed by atoms with E-state index >= 15 is 0 Å². The van der Waals surface area contributed by atoms with Gasteiger partial charge in [-0.25, -0.2) is 4.79 Å². The molecular weight excluding hydrogens is 196 g/mol. The second-order valence-corrected chi connectivity index (χ2v) is 4.57. The molecule has 0 aromatic heterocycles. The Morgan fingerprint density at radius 2 is 2.20 bits per heavy atom. The molecule has 1 heterocycles. The Hall–Kier alpha value is -1.03. The Morgan fingerprint density at radius 3 is 2.80 bits per heavy atom. The summed E-state index contributed by atoms with van der Waals surface area (Å²) in [6.07, 6.45) is 1.47. The number of aliphatic hydroxyl groups excluding tert-OH is 1. The van der Waals surface area contributed by atoms with Crippen molar-refractivity contribution in [1.29, 1.82) is 0 Å². The minimum absolute atomic E-state index is 0.00903. The van der Waals surface area contributed by atoms with Crippen LogP contribution < -0.4 is 0 Å². The molecule has 1 saturated carbocycles. The van der Waals surface area contributed by atoms with Gasteiger partial charge in [-0.3, -0.25) is 0 Å². The van der Waals surface area contributed by atoms with Gasteiger partial charge in [-0.05, 0) is 19.3 Å². The maximum atomic E-state index is 11.0. The minimum Gasteiger partial charge on any atom is -0.497 e. The van der Waals surface area contributed by atoms with Gasteiger partial charge in [0.1, 0.15) is 0 Å². The predicted molar refractivity (Wildman–Crippen MR) is 53.0 cm³/mol. The van der Waals surface area contributed by atoms with Gasteiger partial charge in [0.05, 0.1) is 24.0 Å². The van der Waals surface area contributed by atoms with Gasteiger partial charge in [-0.1, -0.05) is 6.92 Å². The Kier molecular flexibility index (Phi) is 2.46. The number of ether oxygens (including phenoxy) is 1. The van der Waals surface area contributed by atoms with Crippen molar-refractivity contribution in [1.82, 2.24) is 0 Å². The molecule has 0 unspecified atom stereocenters. The van der Waals surface area contributed by atoms with E-state index in [4.69, 9.17) is 9.84 Å². The van der Waals surface area contributed by atoms with Crippen LogP contribution in [0.5, 0.6) is 0 Å². The van der Waals surface area contributed by atoms with Gasteiger partial charge in [0.15, 0.2) is 0 Å². The molecule has 15 heavy (non-hydrogen) atoms. The molecule has 0 saturated heterocycles. The number of carboxylic acids is 1. The van der Waals surface area contributed by atoms with Crippen LogP contribution in [-0.4, -0.2) is 28.4 Å². The van der Waals surface area contributed by atoms with E-state index < -0.39 is 12.1 Å². The topological polar surface area (TPSA) is 66.8 Å². The predicted octanol–water partition coefficient (Wildman–Crippen LogP) is 1.01. The molecule has 1 aliphatic carbocycles. The first-order chi connectivity index (χ1) is 7.02. The van der Waals surface area contributed by atoms with Gasteiger partial charge in [0.25, 0.3) is 0 Å². The van der Waals surface area contributed by atoms with Gasteiger partial charge in [0.2, 0.25) is 0 Å². The quantitative estimate of drug-likeness (QED) is 0.680. The van der Waals surface area contributed by atoms with Crippen LogP contribution in [0.2, 0.25) is 0 Å². The summed E-state index contributed by atoms with van der Waals surface area (Å²) in [5.41, 5.74) is 0.307. The molecule has 2 rings (SSSR count). The van der Waals surface area contributed by atoms with Gasteiger partial charge in [-0.15, -0.1) is 0 Å². The van der Waals surface area contributed by atoms with E-state index in [1.807, 2.05) is 13.8 Å². The highest BCUT2D eigenvalue weighted by Crippen LogP contribution is 2.46. The third-order valence-electron chi connectivity index (χ3n) is 3.77. The highest BCUT2D eigenvalue weighted by atomic mass is 16.5. The van der Waals surface area contributed by atoms with Crippen molar-refractivity contribution in [3.05, 3.63) is 11.8 Å². The first-order valence-electron chi connectivity index (χ1n) is 5.29. The zero-order chi connectivity index (χ0) is 11.2. The SMILES string of the molecule is C[C@@H]1[C@H]2[C@H](C)OC=C(C(=O)O)[C@H]2C[C@@H]1O. The van der Waals surface area contributed by atoms with Crippen LogP contribution in [0.25, 0.3) is 0 Å². The van der Waals surface area contributed by atoms with Crippen LogP contribution in [0.3, 0.4) is 0 Å². The lowest BCUT2D eigenvalue weighted by Crippen LogP contribution is -2.34. The van der Waals surface area contributed by atoms with Crippen molar-refractivity contribution in [3.8, 4) is 0 Å². The standard InChI is InChI=1S/C11H16O4/c1-5-9(12)3-7-8(11(13)14)4-15-6(2)10(5)7/h4-7,9-10,12H,3H2,1-2H3,(H,13,14)/t5-,6-,7+,9-,10-/m0/s1. The molecule has 4 nitrogen and oxygen atoms in total. The zero-order valence-corrected chi connectivity index (χ0v) is 8.88. The van der Waals surface area contributed by atoms with E-state index in [-0.39, 0.29) is 23.9 Å². The van der Waals surface area contributed by atoms with E-state index in [9.17, 15) is 9.90 Å². The Morgan fingerprint density at radius 1 is 1.53 bits per heavy atom. The van der Waals surface area contributed by atoms with Crippen LogP contribution in [-0.2, 0) is 9.53 Å². The molecule has 0 bridgehead atoms. The average molecular weight is 212 g/mol. The van der Waals surface area contributed by atoms with E-state index in [1.54, 1.807) is 0 Å². The number of rotatable bonds is 1. The van der Waals surface area contributed by atoms with E-state index in [1.165, 1.54) is 6.26 Å². The molecule has 2 N–H and O–H groups in total. The fraction of sp³-hybridized carbons (Fsp3) is 0.727. The number of carboxylic acid groups (broad SMARTS) is 1. The monoisotopic (exact) mass is 212 g/mol. The van der Waals surface area contributed by atoms with Gasteiger partial charge in [0, 0.05) is 11.8 Å². The highest BCUT2D eigenvalue weighted by Gasteiger charge is 2.48. The lowest BCUT2D eigenvalue weighted by Gasteiger charge is -2.32. The molecule has 5 atom stereocenters. The number of hydrogen-bond donors (Lipinski definition) is 2. The lowest BCUT2D eigenvalue weighted by atomic mass is 9.80. The van der Waals surface area contributed by atoms with Crippen LogP contribution in [0.15, 0.2) is 11.8 Å². The van der Waals surface area contributed by atoms with Gasteiger partial charge >= 0.3 is 5.97 Å². The molecule has 84 valence electrons. The van der Waals surface area contributed by atoms with Crippen LogP contribution >= 0.6 is 0 Å². The van der Waals surface area contributed by atoms with Crippen molar-refractivity contribution in [2.24, 2.45) is 17.8 Å². The van der Waals surface area contributed by atoms with Crippen molar-refractivity contribution in [3.63, 3.8) is 0 Å². The fourth-order valence-corrected chi connectivity index (χ4v) is 2.91. The Labute approximate surface area is 88.6 Å². The summed E-state index contributed by atoms with van der Waals surface area (Å²) in [6, 6.07) is 0. The molecule has 0 amide bonds. The molecule has 0 radical (unpaired) electrons. The number of aliphatic hydroxyl groups is 1. The highest BCUT2D eigenvalue weighted by molar-refractivity contribution is 5.87.